The Morgan fingerprint density at radius 1 is 1.06 bits per heavy atom. The zero-order valence-corrected chi connectivity index (χ0v) is 10.4. The predicted molar refractivity (Wildman–Crippen MR) is 73.5 cm³/mol. The SMILES string of the molecule is Cc1ccc2c(C3CCNCC3)cccc2c1. The number of piperidine rings is 1. The Morgan fingerprint density at radius 2 is 1.88 bits per heavy atom. The van der Waals surface area contributed by atoms with Crippen molar-refractivity contribution in [3.05, 3.63) is 47.5 Å². The van der Waals surface area contributed by atoms with E-state index in [0.29, 0.717) is 0 Å². The van der Waals surface area contributed by atoms with E-state index in [9.17, 15) is 0 Å². The number of hydrogen-bond donors (Lipinski definition) is 1. The molecule has 0 aromatic heterocycles. The number of nitrogens with one attached hydrogen (secondary N) is 1. The van der Waals surface area contributed by atoms with Crippen molar-refractivity contribution >= 4 is 10.8 Å². The van der Waals surface area contributed by atoms with E-state index in [1.54, 1.807) is 5.56 Å². The van der Waals surface area contributed by atoms with Gasteiger partial charge in [-0.1, -0.05) is 42.0 Å². The molecule has 1 heteroatoms. The zero-order valence-electron chi connectivity index (χ0n) is 10.4. The number of hydrogen-bond acceptors (Lipinski definition) is 1. The predicted octanol–water partition coefficient (Wildman–Crippen LogP) is 3.62. The molecule has 0 bridgehead atoms. The first-order valence-corrected chi connectivity index (χ1v) is 6.54. The Balaban J connectivity index is 2.09. The second kappa shape index (κ2) is 4.50. The molecule has 88 valence electrons. The van der Waals surface area contributed by atoms with E-state index in [1.807, 2.05) is 0 Å². The smallest absolute Gasteiger partial charge is 0.00431 e. The Kier molecular flexibility index (Phi) is 2.86. The molecule has 0 saturated carbocycles. The normalized spacial score (nSPS) is 17.5. The highest BCUT2D eigenvalue weighted by Gasteiger charge is 2.16. The third kappa shape index (κ3) is 2.07. The summed E-state index contributed by atoms with van der Waals surface area (Å²) in [6, 6.07) is 13.6. The number of aryl methyl sites for hydroxylation is 1. The van der Waals surface area contributed by atoms with Gasteiger partial charge < -0.3 is 5.32 Å². The molecule has 1 heterocycles. The van der Waals surface area contributed by atoms with Gasteiger partial charge in [-0.3, -0.25) is 0 Å². The summed E-state index contributed by atoms with van der Waals surface area (Å²) in [7, 11) is 0. The van der Waals surface area contributed by atoms with Crippen LogP contribution in [0.3, 0.4) is 0 Å². The standard InChI is InChI=1S/C16H19N/c1-12-5-6-16-14(11-12)3-2-4-15(16)13-7-9-17-10-8-13/h2-6,11,13,17H,7-10H2,1H3. The van der Waals surface area contributed by atoms with Crippen molar-refractivity contribution in [2.45, 2.75) is 25.7 Å². The lowest BCUT2D eigenvalue weighted by molar-refractivity contribution is 0.462. The van der Waals surface area contributed by atoms with Crippen LogP contribution in [0.4, 0.5) is 0 Å². The van der Waals surface area contributed by atoms with Crippen molar-refractivity contribution in [2.75, 3.05) is 13.1 Å². The Labute approximate surface area is 103 Å². The largest absolute Gasteiger partial charge is 0.317 e. The minimum atomic E-state index is 0.739. The molecule has 0 radical (unpaired) electrons. The summed E-state index contributed by atoms with van der Waals surface area (Å²) in [6.45, 7) is 4.48. The van der Waals surface area contributed by atoms with Gasteiger partial charge in [0.2, 0.25) is 0 Å². The van der Waals surface area contributed by atoms with Crippen LogP contribution in [-0.2, 0) is 0 Å². The lowest BCUT2D eigenvalue weighted by Crippen LogP contribution is -2.26. The van der Waals surface area contributed by atoms with Crippen LogP contribution < -0.4 is 5.32 Å². The summed E-state index contributed by atoms with van der Waals surface area (Å²) in [5.41, 5.74) is 2.89. The Morgan fingerprint density at radius 3 is 2.71 bits per heavy atom. The van der Waals surface area contributed by atoms with Crippen molar-refractivity contribution < 1.29 is 0 Å². The van der Waals surface area contributed by atoms with Crippen molar-refractivity contribution in [1.29, 1.82) is 0 Å². The minimum Gasteiger partial charge on any atom is -0.317 e. The fourth-order valence-corrected chi connectivity index (χ4v) is 2.92. The van der Waals surface area contributed by atoms with Gasteiger partial charge in [-0.25, -0.2) is 0 Å². The molecule has 2 aromatic carbocycles. The maximum Gasteiger partial charge on any atom is -0.00431 e. The molecule has 1 N–H and O–H groups in total. The molecule has 1 fully saturated rings. The second-order valence-corrected chi connectivity index (χ2v) is 5.10. The molecule has 0 atom stereocenters. The zero-order chi connectivity index (χ0) is 11.7. The van der Waals surface area contributed by atoms with Crippen molar-refractivity contribution in [2.24, 2.45) is 0 Å². The minimum absolute atomic E-state index is 0.739. The van der Waals surface area contributed by atoms with Gasteiger partial charge in [0, 0.05) is 0 Å². The summed E-state index contributed by atoms with van der Waals surface area (Å²) in [5, 5.41) is 6.28. The van der Waals surface area contributed by atoms with E-state index in [0.717, 1.165) is 19.0 Å². The maximum absolute atomic E-state index is 3.44. The Hall–Kier alpha value is -1.34. The van der Waals surface area contributed by atoms with Crippen LogP contribution in [0.1, 0.15) is 29.9 Å². The highest BCUT2D eigenvalue weighted by molar-refractivity contribution is 5.86. The van der Waals surface area contributed by atoms with Crippen molar-refractivity contribution in [3.63, 3.8) is 0 Å². The van der Waals surface area contributed by atoms with E-state index >= 15 is 0 Å². The van der Waals surface area contributed by atoms with E-state index in [-0.39, 0.29) is 0 Å². The van der Waals surface area contributed by atoms with Gasteiger partial charge in [0.25, 0.3) is 0 Å². The lowest BCUT2D eigenvalue weighted by atomic mass is 9.87. The summed E-state index contributed by atoms with van der Waals surface area (Å²) in [4.78, 5) is 0. The second-order valence-electron chi connectivity index (χ2n) is 5.10. The van der Waals surface area contributed by atoms with E-state index < -0.39 is 0 Å². The number of fused-ring (bicyclic) bond motifs is 1. The van der Waals surface area contributed by atoms with E-state index in [1.165, 1.54) is 29.2 Å². The first-order valence-electron chi connectivity index (χ1n) is 6.54. The summed E-state index contributed by atoms with van der Waals surface area (Å²) in [6.07, 6.45) is 2.54. The Bertz CT molecular complexity index is 524. The topological polar surface area (TPSA) is 12.0 Å². The molecular weight excluding hydrogens is 206 g/mol. The lowest BCUT2D eigenvalue weighted by Gasteiger charge is -2.24. The van der Waals surface area contributed by atoms with Crippen LogP contribution in [-0.4, -0.2) is 13.1 Å². The highest BCUT2D eigenvalue weighted by atomic mass is 14.9. The van der Waals surface area contributed by atoms with Gasteiger partial charge >= 0.3 is 0 Å². The third-order valence-electron chi connectivity index (χ3n) is 3.85. The summed E-state index contributed by atoms with van der Waals surface area (Å²) >= 11 is 0. The average Bonchev–Trinajstić information content (AvgIpc) is 2.39. The third-order valence-corrected chi connectivity index (χ3v) is 3.85. The van der Waals surface area contributed by atoms with Crippen LogP contribution >= 0.6 is 0 Å². The molecule has 17 heavy (non-hydrogen) atoms. The van der Waals surface area contributed by atoms with Crippen molar-refractivity contribution in [3.8, 4) is 0 Å². The average molecular weight is 225 g/mol. The molecule has 1 nitrogen and oxygen atoms in total. The molecule has 3 rings (SSSR count). The highest BCUT2D eigenvalue weighted by Crippen LogP contribution is 2.31. The molecule has 1 aliphatic heterocycles. The van der Waals surface area contributed by atoms with Crippen LogP contribution in [0.5, 0.6) is 0 Å². The van der Waals surface area contributed by atoms with E-state index in [2.05, 4.69) is 48.6 Å². The quantitative estimate of drug-likeness (QED) is 0.781. The van der Waals surface area contributed by atoms with Gasteiger partial charge in [-0.2, -0.15) is 0 Å². The molecule has 1 aliphatic rings. The van der Waals surface area contributed by atoms with Crippen LogP contribution in [0.15, 0.2) is 36.4 Å². The maximum atomic E-state index is 3.44. The molecular formula is C16H19N. The molecule has 2 aromatic rings. The first-order chi connectivity index (χ1) is 8.34. The monoisotopic (exact) mass is 225 g/mol. The fraction of sp³-hybridized carbons (Fsp3) is 0.375. The fourth-order valence-electron chi connectivity index (χ4n) is 2.92. The van der Waals surface area contributed by atoms with Gasteiger partial charge in [-0.15, -0.1) is 0 Å². The molecule has 0 spiro atoms. The van der Waals surface area contributed by atoms with Crippen LogP contribution in [0, 0.1) is 6.92 Å². The van der Waals surface area contributed by atoms with Gasteiger partial charge in [0.15, 0.2) is 0 Å². The van der Waals surface area contributed by atoms with Crippen LogP contribution in [0.2, 0.25) is 0 Å². The van der Waals surface area contributed by atoms with Crippen LogP contribution in [0.25, 0.3) is 10.8 Å². The van der Waals surface area contributed by atoms with Crippen molar-refractivity contribution in [1.82, 2.24) is 5.32 Å². The van der Waals surface area contributed by atoms with Gasteiger partial charge in [0.05, 0.1) is 0 Å². The molecule has 0 aliphatic carbocycles. The number of rotatable bonds is 1. The van der Waals surface area contributed by atoms with E-state index in [4.69, 9.17) is 0 Å². The molecule has 0 amide bonds. The molecule has 1 saturated heterocycles. The first kappa shape index (κ1) is 10.8. The van der Waals surface area contributed by atoms with Gasteiger partial charge in [-0.05, 0) is 55.1 Å². The summed E-state index contributed by atoms with van der Waals surface area (Å²) < 4.78 is 0. The summed E-state index contributed by atoms with van der Waals surface area (Å²) in [5.74, 6) is 0.739. The number of benzene rings is 2. The van der Waals surface area contributed by atoms with Gasteiger partial charge in [0.1, 0.15) is 0 Å². The molecule has 0 unspecified atom stereocenters.